The third-order valence-corrected chi connectivity index (χ3v) is 4.15. The number of methoxy groups -OCH3 is 1. The number of benzene rings is 2. The molecule has 0 amide bonds. The second-order valence-corrected chi connectivity index (χ2v) is 5.82. The molecular formula is C19H20N2O4. The van der Waals surface area contributed by atoms with Crippen molar-refractivity contribution in [2.75, 3.05) is 20.2 Å². The van der Waals surface area contributed by atoms with Crippen molar-refractivity contribution in [1.82, 2.24) is 10.6 Å². The van der Waals surface area contributed by atoms with Crippen LogP contribution in [-0.2, 0) is 0 Å². The van der Waals surface area contributed by atoms with Crippen LogP contribution in [0.15, 0.2) is 42.2 Å². The Balaban J connectivity index is 2.12. The monoisotopic (exact) mass is 340 g/mol. The smallest absolute Gasteiger partial charge is 0.197 e. The number of carbonyl (C=O) groups is 1. The van der Waals surface area contributed by atoms with Gasteiger partial charge in [-0.05, 0) is 54.4 Å². The van der Waals surface area contributed by atoms with E-state index in [0.717, 1.165) is 0 Å². The van der Waals surface area contributed by atoms with E-state index in [4.69, 9.17) is 4.74 Å². The van der Waals surface area contributed by atoms with E-state index in [1.54, 1.807) is 38.3 Å². The van der Waals surface area contributed by atoms with Crippen LogP contribution in [-0.4, -0.2) is 36.2 Å². The molecule has 6 nitrogen and oxygen atoms in total. The van der Waals surface area contributed by atoms with Crippen molar-refractivity contribution < 1.29 is 19.7 Å². The summed E-state index contributed by atoms with van der Waals surface area (Å²) in [6.07, 6.45) is 0. The number of aromatic hydroxyl groups is 2. The Labute approximate surface area is 145 Å². The molecule has 1 saturated heterocycles. The zero-order valence-corrected chi connectivity index (χ0v) is 14.1. The van der Waals surface area contributed by atoms with Crippen molar-refractivity contribution in [3.8, 4) is 17.2 Å². The summed E-state index contributed by atoms with van der Waals surface area (Å²) in [5.41, 5.74) is 2.18. The molecular weight excluding hydrogens is 320 g/mol. The standard InChI is InChI=1S/C19H20N2O4/c1-11-9-15(22)16(23)10-14(11)17(19-20-7-8-21-19)18(24)12-3-5-13(25-2)6-4-12/h3-6,9-10,20-23H,7-8H2,1-2H3. The van der Waals surface area contributed by atoms with Gasteiger partial charge in [0.15, 0.2) is 17.3 Å². The number of nitrogens with one attached hydrogen (secondary N) is 2. The predicted molar refractivity (Wildman–Crippen MR) is 94.8 cm³/mol. The van der Waals surface area contributed by atoms with Crippen LogP contribution in [0.25, 0.3) is 5.57 Å². The van der Waals surface area contributed by atoms with Gasteiger partial charge in [-0.3, -0.25) is 4.79 Å². The highest BCUT2D eigenvalue weighted by Gasteiger charge is 2.24. The number of hydrogen-bond acceptors (Lipinski definition) is 6. The molecule has 1 heterocycles. The molecule has 0 saturated carbocycles. The summed E-state index contributed by atoms with van der Waals surface area (Å²) in [7, 11) is 1.57. The number of ether oxygens (including phenoxy) is 1. The summed E-state index contributed by atoms with van der Waals surface area (Å²) in [5.74, 6) is 0.622. The molecule has 0 spiro atoms. The highest BCUT2D eigenvalue weighted by molar-refractivity contribution is 6.29. The van der Waals surface area contributed by atoms with E-state index in [2.05, 4.69) is 10.6 Å². The fourth-order valence-corrected chi connectivity index (χ4v) is 2.82. The molecule has 0 unspecified atom stereocenters. The Morgan fingerprint density at radius 2 is 1.64 bits per heavy atom. The Kier molecular flexibility index (Phi) is 4.52. The number of hydrogen-bond donors (Lipinski definition) is 4. The number of Topliss-reactive ketones (excluding diaryl/α,β-unsaturated/α-hetero) is 1. The fraction of sp³-hybridized carbons (Fsp3) is 0.211. The third-order valence-electron chi connectivity index (χ3n) is 4.15. The summed E-state index contributed by atoms with van der Waals surface area (Å²) < 4.78 is 5.13. The average Bonchev–Trinajstić information content (AvgIpc) is 3.13. The summed E-state index contributed by atoms with van der Waals surface area (Å²) in [6, 6.07) is 9.72. The molecule has 1 aliphatic heterocycles. The van der Waals surface area contributed by atoms with Crippen LogP contribution >= 0.6 is 0 Å². The van der Waals surface area contributed by atoms with E-state index in [1.807, 2.05) is 0 Å². The first-order chi connectivity index (χ1) is 12.0. The Hall–Kier alpha value is -3.15. The minimum atomic E-state index is -0.265. The van der Waals surface area contributed by atoms with Gasteiger partial charge in [0.1, 0.15) is 11.6 Å². The lowest BCUT2D eigenvalue weighted by Gasteiger charge is -2.15. The van der Waals surface area contributed by atoms with E-state index in [1.165, 1.54) is 12.1 Å². The molecule has 2 aromatic rings. The van der Waals surface area contributed by atoms with Crippen molar-refractivity contribution >= 4 is 11.4 Å². The molecule has 0 radical (unpaired) electrons. The van der Waals surface area contributed by atoms with Crippen LogP contribution in [0.4, 0.5) is 0 Å². The molecule has 1 aliphatic rings. The first-order valence-electron chi connectivity index (χ1n) is 7.95. The maximum atomic E-state index is 13.2. The van der Waals surface area contributed by atoms with Crippen LogP contribution in [0.2, 0.25) is 0 Å². The fourth-order valence-electron chi connectivity index (χ4n) is 2.82. The number of aryl methyl sites for hydroxylation is 1. The van der Waals surface area contributed by atoms with Gasteiger partial charge >= 0.3 is 0 Å². The van der Waals surface area contributed by atoms with Crippen LogP contribution in [0.5, 0.6) is 17.2 Å². The van der Waals surface area contributed by atoms with Crippen molar-refractivity contribution in [2.45, 2.75) is 6.92 Å². The maximum absolute atomic E-state index is 13.2. The second-order valence-electron chi connectivity index (χ2n) is 5.82. The molecule has 0 atom stereocenters. The normalized spacial score (nSPS) is 13.1. The summed E-state index contributed by atoms with van der Waals surface area (Å²) >= 11 is 0. The van der Waals surface area contributed by atoms with Gasteiger partial charge in [0.25, 0.3) is 0 Å². The lowest BCUT2D eigenvalue weighted by Crippen LogP contribution is -2.18. The zero-order chi connectivity index (χ0) is 18.0. The van der Waals surface area contributed by atoms with E-state index >= 15 is 0 Å². The van der Waals surface area contributed by atoms with Gasteiger partial charge in [-0.25, -0.2) is 0 Å². The Bertz CT molecular complexity index is 833. The van der Waals surface area contributed by atoms with Gasteiger partial charge in [-0.2, -0.15) is 0 Å². The van der Waals surface area contributed by atoms with Crippen LogP contribution in [0.3, 0.4) is 0 Å². The Morgan fingerprint density at radius 3 is 2.24 bits per heavy atom. The first-order valence-corrected chi connectivity index (χ1v) is 7.95. The van der Waals surface area contributed by atoms with Gasteiger partial charge in [0.05, 0.1) is 12.7 Å². The molecule has 130 valence electrons. The molecule has 1 fully saturated rings. The number of allylic oxidation sites excluding steroid dienone is 1. The number of carbonyl (C=O) groups excluding carboxylic acids is 1. The minimum Gasteiger partial charge on any atom is -0.504 e. The summed E-state index contributed by atoms with van der Waals surface area (Å²) in [6.45, 7) is 3.20. The lowest BCUT2D eigenvalue weighted by atomic mass is 9.93. The van der Waals surface area contributed by atoms with E-state index < -0.39 is 0 Å². The van der Waals surface area contributed by atoms with Crippen molar-refractivity contribution in [2.24, 2.45) is 0 Å². The van der Waals surface area contributed by atoms with Gasteiger partial charge in [0, 0.05) is 18.7 Å². The number of phenolic OH excluding ortho intramolecular Hbond substituents is 2. The molecule has 2 aromatic carbocycles. The predicted octanol–water partition coefficient (Wildman–Crippen LogP) is 2.16. The van der Waals surface area contributed by atoms with Gasteiger partial charge in [-0.15, -0.1) is 0 Å². The summed E-state index contributed by atoms with van der Waals surface area (Å²) in [5, 5.41) is 25.9. The van der Waals surface area contributed by atoms with Crippen molar-refractivity contribution in [1.29, 1.82) is 0 Å². The zero-order valence-electron chi connectivity index (χ0n) is 14.1. The molecule has 0 bridgehead atoms. The van der Waals surface area contributed by atoms with Gasteiger partial charge in [0.2, 0.25) is 0 Å². The first kappa shape index (κ1) is 16.7. The minimum absolute atomic E-state index is 0.187. The van der Waals surface area contributed by atoms with Gasteiger partial charge in [-0.1, -0.05) is 0 Å². The quantitative estimate of drug-likeness (QED) is 0.387. The maximum Gasteiger partial charge on any atom is 0.197 e. The second kappa shape index (κ2) is 6.76. The SMILES string of the molecule is COc1ccc(C(=O)C(=C2NCCN2)c2cc(O)c(O)cc2C)cc1. The van der Waals surface area contributed by atoms with E-state index in [9.17, 15) is 15.0 Å². The van der Waals surface area contributed by atoms with E-state index in [0.29, 0.717) is 46.9 Å². The molecule has 3 rings (SSSR count). The summed E-state index contributed by atoms with van der Waals surface area (Å²) in [4.78, 5) is 13.2. The third kappa shape index (κ3) is 3.24. The highest BCUT2D eigenvalue weighted by Crippen LogP contribution is 2.34. The van der Waals surface area contributed by atoms with Crippen molar-refractivity contribution in [3.63, 3.8) is 0 Å². The van der Waals surface area contributed by atoms with Gasteiger partial charge < -0.3 is 25.6 Å². The average molecular weight is 340 g/mol. The topological polar surface area (TPSA) is 90.8 Å². The van der Waals surface area contributed by atoms with E-state index in [-0.39, 0.29) is 17.3 Å². The molecule has 4 N–H and O–H groups in total. The van der Waals surface area contributed by atoms with Crippen molar-refractivity contribution in [3.05, 3.63) is 58.9 Å². The Morgan fingerprint density at radius 1 is 1.04 bits per heavy atom. The molecule has 0 aliphatic carbocycles. The van der Waals surface area contributed by atoms with Crippen LogP contribution in [0.1, 0.15) is 21.5 Å². The lowest BCUT2D eigenvalue weighted by molar-refractivity contribution is 0.105. The molecule has 25 heavy (non-hydrogen) atoms. The molecule has 6 heteroatoms. The van der Waals surface area contributed by atoms with Crippen LogP contribution < -0.4 is 15.4 Å². The largest absolute Gasteiger partial charge is 0.504 e. The number of rotatable bonds is 4. The highest BCUT2D eigenvalue weighted by atomic mass is 16.5. The molecule has 0 aromatic heterocycles. The number of ketones is 1. The van der Waals surface area contributed by atoms with Crippen LogP contribution in [0, 0.1) is 6.92 Å². The number of phenols is 2.